The predicted octanol–water partition coefficient (Wildman–Crippen LogP) is 2.56. The van der Waals surface area contributed by atoms with E-state index in [1.165, 1.54) is 61.2 Å². The summed E-state index contributed by atoms with van der Waals surface area (Å²) < 4.78 is 64.0. The number of rotatable bonds is 4. The average molecular weight is 428 g/mol. The minimum atomic E-state index is -4.05. The molecule has 1 heterocycles. The van der Waals surface area contributed by atoms with Gasteiger partial charge in [0.05, 0.1) is 17.6 Å². The maximum Gasteiger partial charge on any atom is 0.276 e. The van der Waals surface area contributed by atoms with Crippen LogP contribution in [0.2, 0.25) is 0 Å². The second kappa shape index (κ2) is 6.83. The van der Waals surface area contributed by atoms with Crippen LogP contribution in [-0.4, -0.2) is 34.9 Å². The smallest absolute Gasteiger partial charge is 0.276 e. The van der Waals surface area contributed by atoms with Gasteiger partial charge in [0, 0.05) is 11.8 Å². The fraction of sp³-hybridized carbons (Fsp3) is 0.235. The van der Waals surface area contributed by atoms with E-state index in [2.05, 4.69) is 0 Å². The molecular formula is C17H17FN2O6S2. The van der Waals surface area contributed by atoms with Gasteiger partial charge in [-0.1, -0.05) is 0 Å². The summed E-state index contributed by atoms with van der Waals surface area (Å²) in [6.45, 7) is 3.06. The van der Waals surface area contributed by atoms with Crippen molar-refractivity contribution in [1.82, 2.24) is 0 Å². The molecule has 0 saturated heterocycles. The number of fused-ring (bicyclic) bond motifs is 1. The Balaban J connectivity index is 2.18. The highest BCUT2D eigenvalue weighted by molar-refractivity contribution is 8.05. The Kier molecular flexibility index (Phi) is 4.94. The van der Waals surface area contributed by atoms with E-state index in [9.17, 15) is 26.4 Å². The standard InChI is InChI=1S/C17H17FN2O6S2/c1-17(2)16(21)19(12-6-4-11(18)5-7-12)14-9-8-13(10-15(14)26-17)20(27(22)23)28(3,24)25/h4-10H,1-3H3,(H,22,23). The van der Waals surface area contributed by atoms with Crippen LogP contribution in [0.4, 0.5) is 21.5 Å². The van der Waals surface area contributed by atoms with Crippen LogP contribution < -0.4 is 13.3 Å². The van der Waals surface area contributed by atoms with Crippen LogP contribution in [0.1, 0.15) is 13.8 Å². The summed E-state index contributed by atoms with van der Waals surface area (Å²) >= 11 is -2.83. The number of carbonyl (C=O) groups is 1. The Morgan fingerprint density at radius 1 is 1.18 bits per heavy atom. The van der Waals surface area contributed by atoms with E-state index in [0.717, 1.165) is 6.26 Å². The number of sulfonamides is 1. The average Bonchev–Trinajstić information content (AvgIpc) is 2.55. The van der Waals surface area contributed by atoms with Crippen molar-refractivity contribution in [3.05, 3.63) is 48.3 Å². The molecule has 0 aliphatic carbocycles. The molecule has 0 bridgehead atoms. The number of hydrogen-bond donors (Lipinski definition) is 1. The zero-order valence-electron chi connectivity index (χ0n) is 15.1. The van der Waals surface area contributed by atoms with Crippen molar-refractivity contribution in [3.63, 3.8) is 0 Å². The van der Waals surface area contributed by atoms with Crippen LogP contribution >= 0.6 is 0 Å². The zero-order valence-corrected chi connectivity index (χ0v) is 16.8. The Morgan fingerprint density at radius 2 is 1.79 bits per heavy atom. The third-order valence-electron chi connectivity index (χ3n) is 4.01. The van der Waals surface area contributed by atoms with Gasteiger partial charge in [-0.05, 0) is 50.2 Å². The molecule has 0 saturated carbocycles. The molecule has 0 radical (unpaired) electrons. The highest BCUT2D eigenvalue weighted by Gasteiger charge is 2.42. The van der Waals surface area contributed by atoms with Gasteiger partial charge in [0.15, 0.2) is 5.60 Å². The molecule has 3 rings (SSSR count). The monoisotopic (exact) mass is 428 g/mol. The molecule has 1 N–H and O–H groups in total. The van der Waals surface area contributed by atoms with Crippen LogP contribution in [0.3, 0.4) is 0 Å². The lowest BCUT2D eigenvalue weighted by Crippen LogP contribution is -2.50. The van der Waals surface area contributed by atoms with Crippen molar-refractivity contribution in [2.24, 2.45) is 0 Å². The number of benzene rings is 2. The molecule has 1 aliphatic heterocycles. The summed E-state index contributed by atoms with van der Waals surface area (Å²) in [5.41, 5.74) is -0.737. The Bertz CT molecular complexity index is 1070. The Labute approximate surface area is 164 Å². The van der Waals surface area contributed by atoms with Gasteiger partial charge >= 0.3 is 0 Å². The van der Waals surface area contributed by atoms with Gasteiger partial charge in [0.2, 0.25) is 10.0 Å². The maximum atomic E-state index is 13.3. The Morgan fingerprint density at radius 3 is 2.32 bits per heavy atom. The third kappa shape index (κ3) is 3.60. The van der Waals surface area contributed by atoms with Crippen molar-refractivity contribution >= 4 is 44.3 Å². The molecule has 150 valence electrons. The van der Waals surface area contributed by atoms with E-state index >= 15 is 0 Å². The molecule has 1 amide bonds. The first-order valence-electron chi connectivity index (χ1n) is 7.96. The summed E-state index contributed by atoms with van der Waals surface area (Å²) in [7, 11) is -4.05. The van der Waals surface area contributed by atoms with Crippen molar-refractivity contribution < 1.29 is 31.1 Å². The minimum Gasteiger partial charge on any atom is -0.476 e. The predicted molar refractivity (Wildman–Crippen MR) is 103 cm³/mol. The van der Waals surface area contributed by atoms with Gasteiger partial charge in [-0.15, -0.1) is 0 Å². The lowest BCUT2D eigenvalue weighted by Gasteiger charge is -2.39. The number of halogens is 1. The van der Waals surface area contributed by atoms with E-state index < -0.39 is 38.6 Å². The van der Waals surface area contributed by atoms with Crippen molar-refractivity contribution in [1.29, 1.82) is 0 Å². The van der Waals surface area contributed by atoms with Gasteiger partial charge in [0.1, 0.15) is 11.6 Å². The maximum absolute atomic E-state index is 13.3. The fourth-order valence-electron chi connectivity index (χ4n) is 2.82. The molecule has 28 heavy (non-hydrogen) atoms. The summed E-state index contributed by atoms with van der Waals surface area (Å²) in [6.07, 6.45) is 0.791. The summed E-state index contributed by atoms with van der Waals surface area (Å²) in [6, 6.07) is 9.20. The SMILES string of the molecule is CC1(C)Oc2cc(N(S(=O)O)S(C)(=O)=O)ccc2N(c2ccc(F)cc2)C1=O. The molecule has 2 aromatic rings. The second-order valence-corrected chi connectivity index (χ2v) is 9.49. The van der Waals surface area contributed by atoms with E-state index in [-0.39, 0.29) is 17.1 Å². The molecular weight excluding hydrogens is 411 g/mol. The van der Waals surface area contributed by atoms with Crippen LogP contribution in [0.5, 0.6) is 5.75 Å². The van der Waals surface area contributed by atoms with Crippen molar-refractivity contribution in [2.75, 3.05) is 14.9 Å². The highest BCUT2D eigenvalue weighted by atomic mass is 32.3. The zero-order chi connectivity index (χ0) is 20.9. The molecule has 0 aromatic heterocycles. The number of amides is 1. The minimum absolute atomic E-state index is 0.105. The molecule has 0 spiro atoms. The lowest BCUT2D eigenvalue weighted by atomic mass is 10.0. The first kappa shape index (κ1) is 20.2. The van der Waals surface area contributed by atoms with Gasteiger partial charge in [-0.2, -0.15) is 3.71 Å². The summed E-state index contributed by atoms with van der Waals surface area (Å²) in [4.78, 5) is 14.2. The number of ether oxygens (including phenoxy) is 1. The molecule has 8 nitrogen and oxygen atoms in total. The van der Waals surface area contributed by atoms with Gasteiger partial charge in [0.25, 0.3) is 17.2 Å². The van der Waals surface area contributed by atoms with Crippen molar-refractivity contribution in [2.45, 2.75) is 19.4 Å². The molecule has 0 fully saturated rings. The fourth-order valence-corrected chi connectivity index (χ4v) is 4.54. The second-order valence-electron chi connectivity index (χ2n) is 6.60. The summed E-state index contributed by atoms with van der Waals surface area (Å²) in [5, 5.41) is 0. The largest absolute Gasteiger partial charge is 0.476 e. The van der Waals surface area contributed by atoms with E-state index in [1.54, 1.807) is 0 Å². The number of carbonyl (C=O) groups excluding carboxylic acids is 1. The summed E-state index contributed by atoms with van der Waals surface area (Å²) in [5.74, 6) is -0.746. The van der Waals surface area contributed by atoms with Crippen LogP contribution in [0, 0.1) is 5.82 Å². The van der Waals surface area contributed by atoms with Crippen LogP contribution in [0.15, 0.2) is 42.5 Å². The molecule has 1 atom stereocenters. The van der Waals surface area contributed by atoms with E-state index in [1.807, 2.05) is 0 Å². The quantitative estimate of drug-likeness (QED) is 0.751. The normalized spacial score (nSPS) is 16.9. The van der Waals surface area contributed by atoms with Gasteiger partial charge in [-0.3, -0.25) is 14.2 Å². The number of anilines is 3. The van der Waals surface area contributed by atoms with E-state index in [0.29, 0.717) is 9.40 Å². The molecule has 11 heteroatoms. The molecule has 1 unspecified atom stereocenters. The highest BCUT2D eigenvalue weighted by Crippen LogP contribution is 2.44. The Hall–Kier alpha value is -2.50. The van der Waals surface area contributed by atoms with Crippen molar-refractivity contribution in [3.8, 4) is 5.75 Å². The lowest BCUT2D eigenvalue weighted by molar-refractivity contribution is -0.131. The van der Waals surface area contributed by atoms with Gasteiger partial charge in [-0.25, -0.2) is 17.0 Å². The molecule has 1 aliphatic rings. The molecule has 2 aromatic carbocycles. The van der Waals surface area contributed by atoms with E-state index in [4.69, 9.17) is 4.74 Å². The van der Waals surface area contributed by atoms with Crippen LogP contribution in [-0.2, 0) is 26.1 Å². The third-order valence-corrected chi connectivity index (χ3v) is 6.51. The van der Waals surface area contributed by atoms with Crippen LogP contribution in [0.25, 0.3) is 0 Å². The number of nitrogens with zero attached hydrogens (tertiary/aromatic N) is 2. The number of hydrogen-bond acceptors (Lipinski definition) is 5. The topological polar surface area (TPSA) is 104 Å². The first-order valence-corrected chi connectivity index (χ1v) is 10.9. The van der Waals surface area contributed by atoms with Gasteiger partial charge < -0.3 is 4.74 Å². The first-order chi connectivity index (χ1) is 12.9.